The van der Waals surface area contributed by atoms with Crippen LogP contribution in [0.25, 0.3) is 0 Å². The maximum atomic E-state index is 12.4. The Balaban J connectivity index is 1.42. The second-order valence-corrected chi connectivity index (χ2v) is 7.76. The van der Waals surface area contributed by atoms with Gasteiger partial charge in [-0.1, -0.05) is 12.1 Å². The SMILES string of the molecule is CCOc1ccccc1N1CC[NH+](CC(=O)NC2CC[NH+](CC)CC2)CC1. The highest BCUT2D eigenvalue weighted by molar-refractivity contribution is 5.77. The van der Waals surface area contributed by atoms with Crippen LogP contribution in [0.1, 0.15) is 26.7 Å². The molecule has 3 N–H and O–H groups in total. The van der Waals surface area contributed by atoms with Gasteiger partial charge in [0.2, 0.25) is 0 Å². The Bertz CT molecular complexity index is 594. The lowest BCUT2D eigenvalue weighted by atomic mass is 10.1. The van der Waals surface area contributed by atoms with Crippen LogP contribution in [0.3, 0.4) is 0 Å². The van der Waals surface area contributed by atoms with E-state index < -0.39 is 0 Å². The minimum absolute atomic E-state index is 0.220. The fraction of sp³-hybridized carbons (Fsp3) is 0.667. The quantitative estimate of drug-likeness (QED) is 0.571. The van der Waals surface area contributed by atoms with Crippen LogP contribution in [-0.4, -0.2) is 70.9 Å². The number of carbonyl (C=O) groups excluding carboxylic acids is 1. The Kier molecular flexibility index (Phi) is 7.35. The first-order valence-electron chi connectivity index (χ1n) is 10.6. The van der Waals surface area contributed by atoms with Crippen LogP contribution >= 0.6 is 0 Å². The molecule has 2 saturated heterocycles. The molecule has 1 aromatic rings. The van der Waals surface area contributed by atoms with Gasteiger partial charge in [-0.2, -0.15) is 0 Å². The lowest BCUT2D eigenvalue weighted by Gasteiger charge is -2.34. The number of amides is 1. The van der Waals surface area contributed by atoms with E-state index in [-0.39, 0.29) is 5.91 Å². The summed E-state index contributed by atoms with van der Waals surface area (Å²) in [5, 5.41) is 3.27. The summed E-state index contributed by atoms with van der Waals surface area (Å²) >= 11 is 0. The number of nitrogens with one attached hydrogen (secondary N) is 3. The van der Waals surface area contributed by atoms with Crippen molar-refractivity contribution in [2.45, 2.75) is 32.7 Å². The normalized spacial score (nSPS) is 23.9. The molecule has 0 radical (unpaired) electrons. The van der Waals surface area contributed by atoms with E-state index in [2.05, 4.69) is 29.3 Å². The van der Waals surface area contributed by atoms with Gasteiger partial charge in [-0.25, -0.2) is 0 Å². The highest BCUT2D eigenvalue weighted by Crippen LogP contribution is 2.27. The summed E-state index contributed by atoms with van der Waals surface area (Å²) in [6.45, 7) is 13.0. The third-order valence-electron chi connectivity index (χ3n) is 5.94. The number of piperidine rings is 1. The summed E-state index contributed by atoms with van der Waals surface area (Å²) in [7, 11) is 0. The van der Waals surface area contributed by atoms with Crippen LogP contribution in [0.15, 0.2) is 24.3 Å². The zero-order valence-corrected chi connectivity index (χ0v) is 16.9. The molecule has 6 nitrogen and oxygen atoms in total. The Labute approximate surface area is 163 Å². The molecular formula is C21H36N4O2+2. The largest absolute Gasteiger partial charge is 0.492 e. The van der Waals surface area contributed by atoms with Crippen LogP contribution in [0, 0.1) is 0 Å². The molecule has 2 aliphatic heterocycles. The molecule has 0 spiro atoms. The summed E-state index contributed by atoms with van der Waals surface area (Å²) in [5.74, 6) is 1.18. The number of likely N-dealkylation sites (tertiary alicyclic amines) is 1. The van der Waals surface area contributed by atoms with E-state index in [1.54, 1.807) is 4.90 Å². The predicted molar refractivity (Wildman–Crippen MR) is 108 cm³/mol. The van der Waals surface area contributed by atoms with Gasteiger partial charge in [-0.15, -0.1) is 0 Å². The Morgan fingerprint density at radius 2 is 1.81 bits per heavy atom. The molecule has 0 aromatic heterocycles. The number of carbonyl (C=O) groups is 1. The van der Waals surface area contributed by atoms with Gasteiger partial charge >= 0.3 is 0 Å². The van der Waals surface area contributed by atoms with Crippen molar-refractivity contribution in [2.75, 3.05) is 63.9 Å². The molecule has 1 amide bonds. The number of nitrogens with zero attached hydrogens (tertiary/aromatic N) is 1. The Morgan fingerprint density at radius 1 is 1.11 bits per heavy atom. The number of piperazine rings is 1. The predicted octanol–water partition coefficient (Wildman–Crippen LogP) is -1.03. The standard InChI is InChI=1S/C21H34N4O2/c1-3-23-11-9-18(10-12-23)22-21(26)17-24-13-15-25(16-14-24)19-7-5-6-8-20(19)27-4-2/h5-8,18H,3-4,9-17H2,1-2H3,(H,22,26)/p+2. The van der Waals surface area contributed by atoms with Crippen LogP contribution < -0.4 is 24.8 Å². The molecule has 2 aliphatic rings. The molecule has 2 heterocycles. The Hall–Kier alpha value is -1.79. The first kappa shape index (κ1) is 20.0. The maximum Gasteiger partial charge on any atom is 0.275 e. The van der Waals surface area contributed by atoms with Gasteiger partial charge < -0.3 is 24.8 Å². The highest BCUT2D eigenvalue weighted by Gasteiger charge is 2.26. The van der Waals surface area contributed by atoms with Crippen molar-refractivity contribution in [1.29, 1.82) is 0 Å². The van der Waals surface area contributed by atoms with Gasteiger partial charge in [-0.3, -0.25) is 4.79 Å². The fourth-order valence-corrected chi connectivity index (χ4v) is 4.27. The van der Waals surface area contributed by atoms with Gasteiger partial charge in [-0.05, 0) is 26.0 Å². The van der Waals surface area contributed by atoms with Gasteiger partial charge in [0.1, 0.15) is 5.75 Å². The maximum absolute atomic E-state index is 12.4. The van der Waals surface area contributed by atoms with E-state index in [0.29, 0.717) is 19.2 Å². The van der Waals surface area contributed by atoms with Crippen molar-refractivity contribution in [3.63, 3.8) is 0 Å². The summed E-state index contributed by atoms with van der Waals surface area (Å²) in [6.07, 6.45) is 2.23. The first-order valence-corrected chi connectivity index (χ1v) is 10.6. The number of ether oxygens (including phenoxy) is 1. The number of para-hydroxylation sites is 2. The molecule has 3 rings (SSSR count). The zero-order valence-electron chi connectivity index (χ0n) is 16.9. The van der Waals surface area contributed by atoms with E-state index in [9.17, 15) is 4.79 Å². The zero-order chi connectivity index (χ0) is 19.1. The number of anilines is 1. The molecule has 6 heteroatoms. The number of rotatable bonds is 7. The topological polar surface area (TPSA) is 50.5 Å². The lowest BCUT2D eigenvalue weighted by molar-refractivity contribution is -0.903. The molecule has 2 fully saturated rings. The Morgan fingerprint density at radius 3 is 2.48 bits per heavy atom. The minimum Gasteiger partial charge on any atom is -0.492 e. The van der Waals surface area contributed by atoms with Crippen molar-refractivity contribution in [2.24, 2.45) is 0 Å². The fourth-order valence-electron chi connectivity index (χ4n) is 4.27. The van der Waals surface area contributed by atoms with Crippen molar-refractivity contribution in [1.82, 2.24) is 5.32 Å². The molecule has 1 aromatic carbocycles. The number of benzene rings is 1. The molecule has 0 unspecified atom stereocenters. The van der Waals surface area contributed by atoms with Crippen LogP contribution in [0.5, 0.6) is 5.75 Å². The summed E-state index contributed by atoms with van der Waals surface area (Å²) in [4.78, 5) is 17.9. The van der Waals surface area contributed by atoms with Gasteiger partial charge in [0.05, 0.1) is 58.1 Å². The minimum atomic E-state index is 0.220. The van der Waals surface area contributed by atoms with Crippen LogP contribution in [0.4, 0.5) is 5.69 Å². The number of hydrogen-bond acceptors (Lipinski definition) is 3. The van der Waals surface area contributed by atoms with Crippen molar-refractivity contribution >= 4 is 11.6 Å². The van der Waals surface area contributed by atoms with Gasteiger partial charge in [0.15, 0.2) is 6.54 Å². The van der Waals surface area contributed by atoms with Gasteiger partial charge in [0, 0.05) is 18.9 Å². The molecule has 150 valence electrons. The summed E-state index contributed by atoms with van der Waals surface area (Å²) in [5.41, 5.74) is 1.17. The molecule has 0 aliphatic carbocycles. The van der Waals surface area contributed by atoms with E-state index >= 15 is 0 Å². The van der Waals surface area contributed by atoms with Crippen molar-refractivity contribution in [3.05, 3.63) is 24.3 Å². The smallest absolute Gasteiger partial charge is 0.275 e. The summed E-state index contributed by atoms with van der Waals surface area (Å²) < 4.78 is 5.77. The molecule has 0 bridgehead atoms. The third-order valence-corrected chi connectivity index (χ3v) is 5.94. The van der Waals surface area contributed by atoms with E-state index in [4.69, 9.17) is 4.74 Å². The monoisotopic (exact) mass is 376 g/mol. The molecular weight excluding hydrogens is 340 g/mol. The molecule has 27 heavy (non-hydrogen) atoms. The van der Waals surface area contributed by atoms with Crippen molar-refractivity contribution < 1.29 is 19.3 Å². The number of hydrogen-bond donors (Lipinski definition) is 3. The highest BCUT2D eigenvalue weighted by atomic mass is 16.5. The lowest BCUT2D eigenvalue weighted by Crippen LogP contribution is -3.16. The molecule has 0 atom stereocenters. The average molecular weight is 377 g/mol. The van der Waals surface area contributed by atoms with E-state index in [1.165, 1.54) is 30.2 Å². The summed E-state index contributed by atoms with van der Waals surface area (Å²) in [6, 6.07) is 8.64. The van der Waals surface area contributed by atoms with E-state index in [1.807, 2.05) is 19.1 Å². The van der Waals surface area contributed by atoms with Crippen molar-refractivity contribution in [3.8, 4) is 5.75 Å². The second-order valence-electron chi connectivity index (χ2n) is 7.76. The molecule has 0 saturated carbocycles. The van der Waals surface area contributed by atoms with Crippen LogP contribution in [0.2, 0.25) is 0 Å². The third kappa shape index (κ3) is 5.59. The second kappa shape index (κ2) is 9.95. The van der Waals surface area contributed by atoms with E-state index in [0.717, 1.165) is 44.8 Å². The van der Waals surface area contributed by atoms with Crippen LogP contribution in [-0.2, 0) is 4.79 Å². The average Bonchev–Trinajstić information content (AvgIpc) is 2.70. The van der Waals surface area contributed by atoms with Gasteiger partial charge in [0.25, 0.3) is 5.91 Å². The first-order chi connectivity index (χ1) is 13.2. The number of quaternary nitrogens is 2.